The van der Waals surface area contributed by atoms with Gasteiger partial charge in [0.1, 0.15) is 17.2 Å². The summed E-state index contributed by atoms with van der Waals surface area (Å²) in [6.45, 7) is 0.722. The van der Waals surface area contributed by atoms with E-state index in [0.717, 1.165) is 30.8 Å². The van der Waals surface area contributed by atoms with Crippen LogP contribution in [-0.4, -0.2) is 18.8 Å². The molecule has 0 radical (unpaired) electrons. The molecule has 0 bridgehead atoms. The molecular formula is C10H12O3. The lowest BCUT2D eigenvalue weighted by Gasteiger charge is -2.18. The van der Waals surface area contributed by atoms with E-state index in [2.05, 4.69) is 0 Å². The van der Waals surface area contributed by atoms with E-state index < -0.39 is 0 Å². The lowest BCUT2D eigenvalue weighted by atomic mass is 10.1. The maximum atomic E-state index is 9.61. The molecule has 1 aliphatic heterocycles. The second-order valence-corrected chi connectivity index (χ2v) is 3.08. The summed E-state index contributed by atoms with van der Waals surface area (Å²) in [5.41, 5.74) is 0.895. The fourth-order valence-corrected chi connectivity index (χ4v) is 1.54. The van der Waals surface area contributed by atoms with Crippen molar-refractivity contribution >= 4 is 0 Å². The number of hydrogen-bond donors (Lipinski definition) is 1. The van der Waals surface area contributed by atoms with Crippen LogP contribution in [0.2, 0.25) is 0 Å². The van der Waals surface area contributed by atoms with E-state index in [-0.39, 0.29) is 5.75 Å². The van der Waals surface area contributed by atoms with Gasteiger partial charge < -0.3 is 14.6 Å². The summed E-state index contributed by atoms with van der Waals surface area (Å²) in [6, 6.07) is 3.43. The molecule has 1 N–H and O–H groups in total. The van der Waals surface area contributed by atoms with Crippen LogP contribution in [0.4, 0.5) is 0 Å². The minimum atomic E-state index is 0.272. The predicted molar refractivity (Wildman–Crippen MR) is 48.5 cm³/mol. The van der Waals surface area contributed by atoms with Crippen molar-refractivity contribution in [3.8, 4) is 17.2 Å². The van der Waals surface area contributed by atoms with Gasteiger partial charge in [0, 0.05) is 17.7 Å². The zero-order valence-corrected chi connectivity index (χ0v) is 7.54. The van der Waals surface area contributed by atoms with E-state index >= 15 is 0 Å². The Bertz CT molecular complexity index is 320. The summed E-state index contributed by atoms with van der Waals surface area (Å²) >= 11 is 0. The Hall–Kier alpha value is -1.38. The highest BCUT2D eigenvalue weighted by Crippen LogP contribution is 2.36. The number of rotatable bonds is 1. The molecule has 1 aromatic rings. The number of phenolic OH excluding ortho intramolecular Hbond substituents is 1. The smallest absolute Gasteiger partial charge is 0.129 e. The molecule has 3 heteroatoms. The van der Waals surface area contributed by atoms with Crippen molar-refractivity contribution in [1.29, 1.82) is 0 Å². The number of hydrogen-bond acceptors (Lipinski definition) is 3. The number of fused-ring (bicyclic) bond motifs is 1. The van der Waals surface area contributed by atoms with Gasteiger partial charge in [-0.15, -0.1) is 0 Å². The molecule has 0 saturated heterocycles. The minimum Gasteiger partial charge on any atom is -0.507 e. The van der Waals surface area contributed by atoms with Crippen LogP contribution >= 0.6 is 0 Å². The Morgan fingerprint density at radius 1 is 1.46 bits per heavy atom. The van der Waals surface area contributed by atoms with Gasteiger partial charge in [-0.05, 0) is 12.8 Å². The molecule has 0 aromatic heterocycles. The third kappa shape index (κ3) is 1.41. The van der Waals surface area contributed by atoms with Crippen molar-refractivity contribution < 1.29 is 14.6 Å². The van der Waals surface area contributed by atoms with Crippen LogP contribution in [0.1, 0.15) is 12.0 Å². The van der Waals surface area contributed by atoms with Crippen molar-refractivity contribution in [2.24, 2.45) is 0 Å². The first kappa shape index (κ1) is 8.23. The molecule has 1 aromatic carbocycles. The van der Waals surface area contributed by atoms with Gasteiger partial charge in [0.25, 0.3) is 0 Å². The minimum absolute atomic E-state index is 0.272. The van der Waals surface area contributed by atoms with Crippen LogP contribution in [0.5, 0.6) is 17.2 Å². The molecular weight excluding hydrogens is 168 g/mol. The van der Waals surface area contributed by atoms with Crippen molar-refractivity contribution in [3.05, 3.63) is 17.7 Å². The van der Waals surface area contributed by atoms with Gasteiger partial charge in [0.05, 0.1) is 13.7 Å². The largest absolute Gasteiger partial charge is 0.507 e. The highest BCUT2D eigenvalue weighted by Gasteiger charge is 2.15. The van der Waals surface area contributed by atoms with Crippen LogP contribution in [-0.2, 0) is 6.42 Å². The summed E-state index contributed by atoms with van der Waals surface area (Å²) in [5.74, 6) is 1.66. The maximum absolute atomic E-state index is 9.61. The standard InChI is InChI=1S/C10H12O3/c1-12-7-5-9(11)8-3-2-4-13-10(8)6-7/h5-6,11H,2-4H2,1H3. The second kappa shape index (κ2) is 3.17. The lowest BCUT2D eigenvalue weighted by molar-refractivity contribution is 0.281. The highest BCUT2D eigenvalue weighted by molar-refractivity contribution is 5.50. The van der Waals surface area contributed by atoms with Crippen LogP contribution in [0, 0.1) is 0 Å². The Kier molecular flexibility index (Phi) is 2.00. The first-order chi connectivity index (χ1) is 6.31. The fraction of sp³-hybridized carbons (Fsp3) is 0.400. The predicted octanol–water partition coefficient (Wildman–Crippen LogP) is 1.73. The molecule has 0 atom stereocenters. The second-order valence-electron chi connectivity index (χ2n) is 3.08. The summed E-state index contributed by atoms with van der Waals surface area (Å²) < 4.78 is 10.4. The van der Waals surface area contributed by atoms with Crippen molar-refractivity contribution in [3.63, 3.8) is 0 Å². The molecule has 1 heterocycles. The molecule has 3 nitrogen and oxygen atoms in total. The van der Waals surface area contributed by atoms with Crippen LogP contribution in [0.15, 0.2) is 12.1 Å². The van der Waals surface area contributed by atoms with Gasteiger partial charge in [-0.1, -0.05) is 0 Å². The van der Waals surface area contributed by atoms with Crippen LogP contribution in [0.3, 0.4) is 0 Å². The number of methoxy groups -OCH3 is 1. The van der Waals surface area contributed by atoms with Gasteiger partial charge in [-0.3, -0.25) is 0 Å². The summed E-state index contributed by atoms with van der Waals surface area (Å²) in [7, 11) is 1.57. The molecule has 0 unspecified atom stereocenters. The Balaban J connectivity index is 2.47. The molecule has 70 valence electrons. The van der Waals surface area contributed by atoms with E-state index in [1.165, 1.54) is 0 Å². The maximum Gasteiger partial charge on any atom is 0.129 e. The van der Waals surface area contributed by atoms with E-state index in [1.807, 2.05) is 6.07 Å². The van der Waals surface area contributed by atoms with Gasteiger partial charge >= 0.3 is 0 Å². The molecule has 0 aliphatic carbocycles. The van der Waals surface area contributed by atoms with Gasteiger partial charge in [0.2, 0.25) is 0 Å². The third-order valence-corrected chi connectivity index (χ3v) is 2.22. The van der Waals surface area contributed by atoms with Crippen LogP contribution < -0.4 is 9.47 Å². The van der Waals surface area contributed by atoms with E-state index in [1.54, 1.807) is 13.2 Å². The average Bonchev–Trinajstić information content (AvgIpc) is 2.18. The zero-order chi connectivity index (χ0) is 9.26. The number of phenols is 1. The zero-order valence-electron chi connectivity index (χ0n) is 7.54. The van der Waals surface area contributed by atoms with E-state index in [4.69, 9.17) is 9.47 Å². The SMILES string of the molecule is COc1cc(O)c2c(c1)OCCC2. The number of benzene rings is 1. The van der Waals surface area contributed by atoms with Crippen molar-refractivity contribution in [2.45, 2.75) is 12.8 Å². The summed E-state index contributed by atoms with van der Waals surface area (Å²) in [6.07, 6.45) is 1.85. The molecule has 1 aliphatic rings. The third-order valence-electron chi connectivity index (χ3n) is 2.22. The molecule has 2 rings (SSSR count). The van der Waals surface area contributed by atoms with Gasteiger partial charge in [-0.25, -0.2) is 0 Å². The number of ether oxygens (including phenoxy) is 2. The normalized spacial score (nSPS) is 14.5. The van der Waals surface area contributed by atoms with E-state index in [0.29, 0.717) is 5.75 Å². The molecule has 0 amide bonds. The van der Waals surface area contributed by atoms with Crippen molar-refractivity contribution in [2.75, 3.05) is 13.7 Å². The lowest BCUT2D eigenvalue weighted by Crippen LogP contribution is -2.08. The van der Waals surface area contributed by atoms with E-state index in [9.17, 15) is 5.11 Å². The molecule has 0 fully saturated rings. The topological polar surface area (TPSA) is 38.7 Å². The first-order valence-corrected chi connectivity index (χ1v) is 4.34. The molecule has 0 spiro atoms. The number of aromatic hydroxyl groups is 1. The average molecular weight is 180 g/mol. The summed E-state index contributed by atoms with van der Waals surface area (Å²) in [5, 5.41) is 9.61. The summed E-state index contributed by atoms with van der Waals surface area (Å²) in [4.78, 5) is 0. The van der Waals surface area contributed by atoms with Crippen molar-refractivity contribution in [1.82, 2.24) is 0 Å². The van der Waals surface area contributed by atoms with Gasteiger partial charge in [-0.2, -0.15) is 0 Å². The van der Waals surface area contributed by atoms with Crippen LogP contribution in [0.25, 0.3) is 0 Å². The quantitative estimate of drug-likeness (QED) is 0.715. The molecule has 0 saturated carbocycles. The first-order valence-electron chi connectivity index (χ1n) is 4.34. The monoisotopic (exact) mass is 180 g/mol. The van der Waals surface area contributed by atoms with Gasteiger partial charge in [0.15, 0.2) is 0 Å². The Morgan fingerprint density at radius 2 is 2.31 bits per heavy atom. The Morgan fingerprint density at radius 3 is 3.08 bits per heavy atom. The Labute approximate surface area is 76.9 Å². The highest BCUT2D eigenvalue weighted by atomic mass is 16.5. The fourth-order valence-electron chi connectivity index (χ4n) is 1.54. The molecule has 13 heavy (non-hydrogen) atoms.